The average molecular weight is 321 g/mol. The van der Waals surface area contributed by atoms with Crippen molar-refractivity contribution in [2.24, 2.45) is 0 Å². The quantitative estimate of drug-likeness (QED) is 0.665. The van der Waals surface area contributed by atoms with Gasteiger partial charge >= 0.3 is 0 Å². The average Bonchev–Trinajstić information content (AvgIpc) is 2.46. The zero-order valence-electron chi connectivity index (χ0n) is 7.65. The molecule has 0 aliphatic rings. The smallest absolute Gasteiger partial charge is 0.183 e. The van der Waals surface area contributed by atoms with Crippen LogP contribution >= 0.6 is 31.9 Å². The van der Waals surface area contributed by atoms with Crippen LogP contribution in [0.1, 0.15) is 18.6 Å². The van der Waals surface area contributed by atoms with Crippen LogP contribution in [0.15, 0.2) is 19.6 Å². The molecule has 4 heteroatoms. The number of furan rings is 1. The maximum Gasteiger partial charge on any atom is 0.183 e. The number of terminal acetylenes is 1. The highest BCUT2D eigenvalue weighted by atomic mass is 79.9. The van der Waals surface area contributed by atoms with E-state index >= 15 is 0 Å². The van der Waals surface area contributed by atoms with Gasteiger partial charge in [-0.15, -0.1) is 12.3 Å². The predicted molar refractivity (Wildman–Crippen MR) is 63.9 cm³/mol. The Labute approximate surface area is 101 Å². The number of halogens is 2. The second-order valence-corrected chi connectivity index (χ2v) is 4.39. The van der Waals surface area contributed by atoms with Crippen LogP contribution < -0.4 is 5.32 Å². The summed E-state index contributed by atoms with van der Waals surface area (Å²) in [6, 6.07) is 1.94. The Balaban J connectivity index is 2.22. The van der Waals surface area contributed by atoms with Gasteiger partial charge in [0.25, 0.3) is 0 Å². The molecule has 0 atom stereocenters. The third kappa shape index (κ3) is 3.87. The van der Waals surface area contributed by atoms with Crippen molar-refractivity contribution in [2.75, 3.05) is 6.54 Å². The molecule has 1 N–H and O–H groups in total. The standard InChI is InChI=1S/C10H11Br2NO/c1-2-3-4-5-13-7-8-6-9(11)10(12)14-8/h1,6,13H,3-5,7H2. The Morgan fingerprint density at radius 2 is 2.29 bits per heavy atom. The minimum absolute atomic E-state index is 0.731. The molecule has 0 unspecified atom stereocenters. The lowest BCUT2D eigenvalue weighted by Gasteiger charge is -1.99. The second kappa shape index (κ2) is 6.28. The zero-order valence-corrected chi connectivity index (χ0v) is 10.8. The summed E-state index contributed by atoms with van der Waals surface area (Å²) in [5.74, 6) is 3.51. The van der Waals surface area contributed by atoms with Crippen LogP contribution in [0.25, 0.3) is 0 Å². The lowest BCUT2D eigenvalue weighted by Crippen LogP contribution is -2.13. The van der Waals surface area contributed by atoms with E-state index in [1.165, 1.54) is 0 Å². The minimum atomic E-state index is 0.731. The van der Waals surface area contributed by atoms with Crippen molar-refractivity contribution in [3.63, 3.8) is 0 Å². The Kier molecular flexibility index (Phi) is 5.31. The summed E-state index contributed by atoms with van der Waals surface area (Å²) < 4.78 is 7.06. The molecule has 0 radical (unpaired) electrons. The van der Waals surface area contributed by atoms with Gasteiger partial charge in [0, 0.05) is 6.42 Å². The lowest BCUT2D eigenvalue weighted by atomic mass is 10.3. The minimum Gasteiger partial charge on any atom is -0.452 e. The largest absolute Gasteiger partial charge is 0.452 e. The van der Waals surface area contributed by atoms with Gasteiger partial charge < -0.3 is 9.73 Å². The predicted octanol–water partition coefficient (Wildman–Crippen LogP) is 3.31. The number of rotatable bonds is 5. The van der Waals surface area contributed by atoms with E-state index in [-0.39, 0.29) is 0 Å². The molecule has 0 amide bonds. The van der Waals surface area contributed by atoms with Gasteiger partial charge in [0.15, 0.2) is 4.67 Å². The Morgan fingerprint density at radius 3 is 2.86 bits per heavy atom. The summed E-state index contributed by atoms with van der Waals surface area (Å²) in [5, 5.41) is 3.25. The van der Waals surface area contributed by atoms with Crippen LogP contribution in [0.5, 0.6) is 0 Å². The summed E-state index contributed by atoms with van der Waals surface area (Å²) >= 11 is 6.64. The Morgan fingerprint density at radius 1 is 1.50 bits per heavy atom. The van der Waals surface area contributed by atoms with Crippen molar-refractivity contribution < 1.29 is 4.42 Å². The highest BCUT2D eigenvalue weighted by Gasteiger charge is 2.04. The SMILES string of the molecule is C#CCCCNCc1cc(Br)c(Br)o1. The van der Waals surface area contributed by atoms with Gasteiger partial charge in [0.05, 0.1) is 11.0 Å². The van der Waals surface area contributed by atoms with Gasteiger partial charge in [-0.25, -0.2) is 0 Å². The molecule has 0 aromatic carbocycles. The number of unbranched alkanes of at least 4 members (excludes halogenated alkanes) is 1. The summed E-state index contributed by atoms with van der Waals surface area (Å²) in [5.41, 5.74) is 0. The van der Waals surface area contributed by atoms with Gasteiger partial charge in [-0.1, -0.05) is 0 Å². The van der Waals surface area contributed by atoms with Crippen LogP contribution in [0.3, 0.4) is 0 Å². The number of nitrogens with one attached hydrogen (secondary N) is 1. The molecule has 1 heterocycles. The number of hydrogen-bond donors (Lipinski definition) is 1. The molecular formula is C10H11Br2NO. The lowest BCUT2D eigenvalue weighted by molar-refractivity contribution is 0.463. The Bertz CT molecular complexity index is 308. The molecule has 0 aliphatic heterocycles. The van der Waals surface area contributed by atoms with Gasteiger partial charge in [0.2, 0.25) is 0 Å². The molecule has 0 fully saturated rings. The molecule has 0 spiro atoms. The highest BCUT2D eigenvalue weighted by Crippen LogP contribution is 2.26. The van der Waals surface area contributed by atoms with E-state index in [0.29, 0.717) is 0 Å². The molecule has 1 rings (SSSR count). The molecule has 0 aliphatic carbocycles. The first-order chi connectivity index (χ1) is 6.74. The molecular weight excluding hydrogens is 310 g/mol. The molecule has 2 nitrogen and oxygen atoms in total. The summed E-state index contributed by atoms with van der Waals surface area (Å²) in [6.07, 6.45) is 6.95. The fraction of sp³-hybridized carbons (Fsp3) is 0.400. The normalized spacial score (nSPS) is 10.1. The molecule has 1 aromatic rings. The first-order valence-corrected chi connectivity index (χ1v) is 5.90. The molecule has 0 saturated carbocycles. The van der Waals surface area contributed by atoms with Gasteiger partial charge in [-0.2, -0.15) is 0 Å². The van der Waals surface area contributed by atoms with E-state index in [0.717, 1.165) is 40.8 Å². The Hall–Kier alpha value is -0.240. The highest BCUT2D eigenvalue weighted by molar-refractivity contribution is 9.13. The van der Waals surface area contributed by atoms with Crippen molar-refractivity contribution in [3.05, 3.63) is 21.0 Å². The van der Waals surface area contributed by atoms with E-state index in [4.69, 9.17) is 10.8 Å². The van der Waals surface area contributed by atoms with E-state index in [9.17, 15) is 0 Å². The molecule has 0 bridgehead atoms. The molecule has 14 heavy (non-hydrogen) atoms. The van der Waals surface area contributed by atoms with Gasteiger partial charge in [-0.3, -0.25) is 0 Å². The van der Waals surface area contributed by atoms with Crippen molar-refractivity contribution in [1.29, 1.82) is 0 Å². The maximum absolute atomic E-state index is 5.39. The van der Waals surface area contributed by atoms with Crippen LogP contribution in [-0.2, 0) is 6.54 Å². The van der Waals surface area contributed by atoms with Crippen molar-refractivity contribution in [2.45, 2.75) is 19.4 Å². The van der Waals surface area contributed by atoms with Gasteiger partial charge in [0.1, 0.15) is 5.76 Å². The maximum atomic E-state index is 5.39. The first-order valence-electron chi connectivity index (χ1n) is 4.32. The zero-order chi connectivity index (χ0) is 10.4. The third-order valence-corrected chi connectivity index (χ3v) is 3.38. The summed E-state index contributed by atoms with van der Waals surface area (Å²) in [6.45, 7) is 1.65. The first kappa shape index (κ1) is 11.8. The van der Waals surface area contributed by atoms with Crippen LogP contribution in [0, 0.1) is 12.3 Å². The molecule has 1 aromatic heterocycles. The van der Waals surface area contributed by atoms with E-state index in [1.807, 2.05) is 6.07 Å². The van der Waals surface area contributed by atoms with E-state index in [2.05, 4.69) is 43.1 Å². The summed E-state index contributed by atoms with van der Waals surface area (Å²) in [4.78, 5) is 0. The summed E-state index contributed by atoms with van der Waals surface area (Å²) in [7, 11) is 0. The molecule has 76 valence electrons. The van der Waals surface area contributed by atoms with Crippen LogP contribution in [0.2, 0.25) is 0 Å². The van der Waals surface area contributed by atoms with Crippen molar-refractivity contribution in [3.8, 4) is 12.3 Å². The van der Waals surface area contributed by atoms with Gasteiger partial charge in [-0.05, 0) is 50.9 Å². The topological polar surface area (TPSA) is 25.2 Å². The van der Waals surface area contributed by atoms with E-state index < -0.39 is 0 Å². The monoisotopic (exact) mass is 319 g/mol. The fourth-order valence-corrected chi connectivity index (χ4v) is 1.66. The van der Waals surface area contributed by atoms with Crippen LogP contribution in [-0.4, -0.2) is 6.54 Å². The molecule has 0 saturated heterocycles. The van der Waals surface area contributed by atoms with E-state index in [1.54, 1.807) is 0 Å². The fourth-order valence-electron chi connectivity index (χ4n) is 1.01. The third-order valence-electron chi connectivity index (χ3n) is 1.67. The van der Waals surface area contributed by atoms with Crippen molar-refractivity contribution in [1.82, 2.24) is 5.32 Å². The second-order valence-electron chi connectivity index (χ2n) is 2.82. The van der Waals surface area contributed by atoms with Crippen LogP contribution in [0.4, 0.5) is 0 Å². The van der Waals surface area contributed by atoms with Crippen molar-refractivity contribution >= 4 is 31.9 Å². The number of hydrogen-bond acceptors (Lipinski definition) is 2.